The van der Waals surface area contributed by atoms with E-state index in [2.05, 4.69) is 87.5 Å². The number of fused-ring (bicyclic) bond motifs is 4. The van der Waals surface area contributed by atoms with Crippen molar-refractivity contribution in [3.8, 4) is 22.4 Å². The molecule has 126 valence electrons. The summed E-state index contributed by atoms with van der Waals surface area (Å²) in [5.74, 6) is 0. The van der Waals surface area contributed by atoms with Crippen molar-refractivity contribution in [3.63, 3.8) is 0 Å². The van der Waals surface area contributed by atoms with Gasteiger partial charge in [-0.15, -0.1) is 0 Å². The van der Waals surface area contributed by atoms with Crippen LogP contribution in [-0.2, 0) is 5.41 Å². The third-order valence-corrected chi connectivity index (χ3v) is 5.73. The molecule has 0 bridgehead atoms. The highest BCUT2D eigenvalue weighted by Crippen LogP contribution is 2.49. The van der Waals surface area contributed by atoms with Gasteiger partial charge in [0.1, 0.15) is 0 Å². The molecular formula is C25H21N. The van der Waals surface area contributed by atoms with Gasteiger partial charge in [0, 0.05) is 16.4 Å². The zero-order chi connectivity index (χ0) is 17.9. The minimum Gasteiger partial charge on any atom is -0.248 e. The van der Waals surface area contributed by atoms with Crippen molar-refractivity contribution < 1.29 is 0 Å². The van der Waals surface area contributed by atoms with E-state index in [1.165, 1.54) is 38.8 Å². The van der Waals surface area contributed by atoms with E-state index in [4.69, 9.17) is 4.98 Å². The number of hydrogen-bond donors (Lipinski definition) is 0. The van der Waals surface area contributed by atoms with Crippen molar-refractivity contribution in [1.82, 2.24) is 4.98 Å². The average Bonchev–Trinajstić information content (AvgIpc) is 2.88. The lowest BCUT2D eigenvalue weighted by atomic mass is 9.81. The standard InChI is InChI=1S/C25H21N/c1-16-8-11-19-20-12-9-18(15-22(20)25(2,3)21(19)14-16)24-13-10-17-6-4-5-7-23(17)26-24/h4-15H,1-3H3. The van der Waals surface area contributed by atoms with E-state index in [1.807, 2.05) is 6.07 Å². The molecule has 0 saturated carbocycles. The van der Waals surface area contributed by atoms with Crippen molar-refractivity contribution in [3.05, 3.63) is 89.5 Å². The molecule has 0 unspecified atom stereocenters. The normalized spacial score (nSPS) is 14.3. The minimum absolute atomic E-state index is 0.0174. The molecule has 5 rings (SSSR count). The van der Waals surface area contributed by atoms with E-state index < -0.39 is 0 Å². The van der Waals surface area contributed by atoms with Crippen LogP contribution in [0.4, 0.5) is 0 Å². The van der Waals surface area contributed by atoms with Crippen LogP contribution in [0.2, 0.25) is 0 Å². The van der Waals surface area contributed by atoms with Crippen molar-refractivity contribution in [1.29, 1.82) is 0 Å². The molecule has 4 aromatic rings. The summed E-state index contributed by atoms with van der Waals surface area (Å²) in [5.41, 5.74) is 10.2. The van der Waals surface area contributed by atoms with Crippen molar-refractivity contribution in [2.75, 3.05) is 0 Å². The zero-order valence-electron chi connectivity index (χ0n) is 15.4. The molecule has 0 N–H and O–H groups in total. The Bertz CT molecular complexity index is 1170. The molecule has 0 spiro atoms. The second kappa shape index (κ2) is 5.28. The molecule has 0 aliphatic heterocycles. The van der Waals surface area contributed by atoms with E-state index in [1.54, 1.807) is 0 Å². The molecule has 0 saturated heterocycles. The Morgan fingerprint density at radius 3 is 2.31 bits per heavy atom. The summed E-state index contributed by atoms with van der Waals surface area (Å²) < 4.78 is 0. The van der Waals surface area contributed by atoms with Gasteiger partial charge in [-0.25, -0.2) is 4.98 Å². The average molecular weight is 335 g/mol. The summed E-state index contributed by atoms with van der Waals surface area (Å²) in [6.07, 6.45) is 0. The number of aryl methyl sites for hydroxylation is 1. The maximum absolute atomic E-state index is 4.88. The Morgan fingerprint density at radius 2 is 1.46 bits per heavy atom. The number of benzene rings is 3. The van der Waals surface area contributed by atoms with Crippen LogP contribution in [0, 0.1) is 6.92 Å². The quantitative estimate of drug-likeness (QED) is 0.386. The van der Waals surface area contributed by atoms with Gasteiger partial charge in [0.2, 0.25) is 0 Å². The molecule has 0 amide bonds. The predicted molar refractivity (Wildman–Crippen MR) is 109 cm³/mol. The molecule has 1 aliphatic rings. The first kappa shape index (κ1) is 15.3. The highest BCUT2D eigenvalue weighted by atomic mass is 14.7. The van der Waals surface area contributed by atoms with Crippen LogP contribution >= 0.6 is 0 Å². The fourth-order valence-electron chi connectivity index (χ4n) is 4.24. The fourth-order valence-corrected chi connectivity index (χ4v) is 4.24. The third kappa shape index (κ3) is 2.13. The molecule has 0 radical (unpaired) electrons. The summed E-state index contributed by atoms with van der Waals surface area (Å²) in [5, 5.41) is 1.18. The SMILES string of the molecule is Cc1ccc2c(c1)C(C)(C)c1cc(-c3ccc4ccccc4n3)ccc1-2. The molecule has 1 nitrogen and oxygen atoms in total. The minimum atomic E-state index is 0.0174. The van der Waals surface area contributed by atoms with Crippen LogP contribution in [0.5, 0.6) is 0 Å². The van der Waals surface area contributed by atoms with Gasteiger partial charge in [-0.3, -0.25) is 0 Å². The molecule has 1 aromatic heterocycles. The van der Waals surface area contributed by atoms with Crippen molar-refractivity contribution in [2.24, 2.45) is 0 Å². The zero-order valence-corrected chi connectivity index (χ0v) is 15.4. The van der Waals surface area contributed by atoms with Gasteiger partial charge in [0.15, 0.2) is 0 Å². The van der Waals surface area contributed by atoms with Gasteiger partial charge in [0.25, 0.3) is 0 Å². The molecular weight excluding hydrogens is 314 g/mol. The maximum Gasteiger partial charge on any atom is 0.0709 e. The topological polar surface area (TPSA) is 12.9 Å². The summed E-state index contributed by atoms with van der Waals surface area (Å²) in [7, 11) is 0. The van der Waals surface area contributed by atoms with Crippen LogP contribution in [-0.4, -0.2) is 4.98 Å². The lowest BCUT2D eigenvalue weighted by molar-refractivity contribution is 0.660. The summed E-state index contributed by atoms with van der Waals surface area (Å²) in [6.45, 7) is 6.83. The number of aromatic nitrogens is 1. The molecule has 1 heteroatoms. The van der Waals surface area contributed by atoms with Gasteiger partial charge in [0.05, 0.1) is 11.2 Å². The third-order valence-electron chi connectivity index (χ3n) is 5.73. The second-order valence-electron chi connectivity index (χ2n) is 7.82. The maximum atomic E-state index is 4.88. The molecule has 1 aliphatic carbocycles. The molecule has 26 heavy (non-hydrogen) atoms. The second-order valence-corrected chi connectivity index (χ2v) is 7.82. The van der Waals surface area contributed by atoms with Gasteiger partial charge >= 0.3 is 0 Å². The Hall–Kier alpha value is -2.93. The highest BCUT2D eigenvalue weighted by molar-refractivity contribution is 5.85. The van der Waals surface area contributed by atoms with Gasteiger partial charge in [-0.05, 0) is 47.4 Å². The first-order chi connectivity index (χ1) is 12.5. The van der Waals surface area contributed by atoms with Crippen LogP contribution in [0.25, 0.3) is 33.3 Å². The molecule has 3 aromatic carbocycles. The first-order valence-electron chi connectivity index (χ1n) is 9.16. The number of pyridine rings is 1. The largest absolute Gasteiger partial charge is 0.248 e. The van der Waals surface area contributed by atoms with Crippen molar-refractivity contribution in [2.45, 2.75) is 26.2 Å². The lowest BCUT2D eigenvalue weighted by Gasteiger charge is -2.22. The van der Waals surface area contributed by atoms with E-state index in [-0.39, 0.29) is 5.41 Å². The summed E-state index contributed by atoms with van der Waals surface area (Å²) >= 11 is 0. The Kier molecular flexibility index (Phi) is 3.12. The molecule has 0 atom stereocenters. The highest BCUT2D eigenvalue weighted by Gasteiger charge is 2.35. The van der Waals surface area contributed by atoms with Crippen LogP contribution in [0.1, 0.15) is 30.5 Å². The summed E-state index contributed by atoms with van der Waals surface area (Å²) in [4.78, 5) is 4.88. The van der Waals surface area contributed by atoms with Crippen LogP contribution < -0.4 is 0 Å². The molecule has 0 fully saturated rings. The van der Waals surface area contributed by atoms with Gasteiger partial charge in [-0.2, -0.15) is 0 Å². The number of rotatable bonds is 1. The van der Waals surface area contributed by atoms with Crippen LogP contribution in [0.15, 0.2) is 72.8 Å². The van der Waals surface area contributed by atoms with E-state index in [0.717, 1.165) is 11.2 Å². The van der Waals surface area contributed by atoms with Crippen LogP contribution in [0.3, 0.4) is 0 Å². The monoisotopic (exact) mass is 335 g/mol. The molecule has 1 heterocycles. The predicted octanol–water partition coefficient (Wildman–Crippen LogP) is 6.52. The van der Waals surface area contributed by atoms with E-state index >= 15 is 0 Å². The van der Waals surface area contributed by atoms with Crippen molar-refractivity contribution >= 4 is 10.9 Å². The van der Waals surface area contributed by atoms with E-state index in [0.29, 0.717) is 0 Å². The fraction of sp³-hybridized carbons (Fsp3) is 0.160. The number of nitrogens with zero attached hydrogens (tertiary/aromatic N) is 1. The Morgan fingerprint density at radius 1 is 0.731 bits per heavy atom. The number of hydrogen-bond acceptors (Lipinski definition) is 1. The Labute approximate surface area is 154 Å². The Balaban J connectivity index is 1.69. The van der Waals surface area contributed by atoms with E-state index in [9.17, 15) is 0 Å². The van der Waals surface area contributed by atoms with Gasteiger partial charge in [-0.1, -0.05) is 74.0 Å². The summed E-state index contributed by atoms with van der Waals surface area (Å²) in [6, 6.07) is 26.2. The lowest BCUT2D eigenvalue weighted by Crippen LogP contribution is -2.15. The van der Waals surface area contributed by atoms with Gasteiger partial charge < -0.3 is 0 Å². The number of para-hydroxylation sites is 1. The first-order valence-corrected chi connectivity index (χ1v) is 9.16. The smallest absolute Gasteiger partial charge is 0.0709 e.